The lowest BCUT2D eigenvalue weighted by molar-refractivity contribution is 0.320. The van der Waals surface area contributed by atoms with E-state index < -0.39 is 0 Å². The number of halogens is 3. The Kier molecular flexibility index (Phi) is 7.39. The van der Waals surface area contributed by atoms with E-state index in [0.29, 0.717) is 28.1 Å². The van der Waals surface area contributed by atoms with Crippen LogP contribution in [0.5, 0.6) is 11.5 Å². The molecule has 6 heteroatoms. The summed E-state index contributed by atoms with van der Waals surface area (Å²) >= 11 is 17.4. The molecule has 0 aliphatic rings. The van der Waals surface area contributed by atoms with E-state index in [-0.39, 0.29) is 6.61 Å². The van der Waals surface area contributed by atoms with Crippen molar-refractivity contribution in [2.75, 3.05) is 20.3 Å². The maximum atomic E-state index is 6.05. The third kappa shape index (κ3) is 5.11. The summed E-state index contributed by atoms with van der Waals surface area (Å²) in [7, 11) is 1.56. The molecule has 0 aromatic heterocycles. The molecule has 0 amide bonds. The Labute approximate surface area is 128 Å². The maximum Gasteiger partial charge on any atom is 0.166 e. The van der Waals surface area contributed by atoms with E-state index in [4.69, 9.17) is 44.3 Å². The zero-order valence-electron chi connectivity index (χ0n) is 10.8. The summed E-state index contributed by atoms with van der Waals surface area (Å²) in [6.07, 6.45) is 0. The number of nitrogens with one attached hydrogen (secondary N) is 1. The Morgan fingerprint density at radius 1 is 1.42 bits per heavy atom. The molecule has 0 spiro atoms. The van der Waals surface area contributed by atoms with Gasteiger partial charge in [0.1, 0.15) is 6.61 Å². The average Bonchev–Trinajstić information content (AvgIpc) is 2.42. The molecule has 1 aromatic carbocycles. The fourth-order valence-electron chi connectivity index (χ4n) is 1.50. The maximum absolute atomic E-state index is 6.05. The lowest BCUT2D eigenvalue weighted by atomic mass is 10.2. The predicted molar refractivity (Wildman–Crippen MR) is 80.7 cm³/mol. The van der Waals surface area contributed by atoms with Crippen molar-refractivity contribution in [1.29, 1.82) is 0 Å². The van der Waals surface area contributed by atoms with Gasteiger partial charge in [0, 0.05) is 28.7 Å². The van der Waals surface area contributed by atoms with E-state index in [9.17, 15) is 0 Å². The van der Waals surface area contributed by atoms with Crippen molar-refractivity contribution in [3.63, 3.8) is 0 Å². The summed E-state index contributed by atoms with van der Waals surface area (Å²) in [5.41, 5.74) is 2.18. The van der Waals surface area contributed by atoms with Gasteiger partial charge in [0.2, 0.25) is 0 Å². The van der Waals surface area contributed by atoms with Crippen LogP contribution in [0.3, 0.4) is 0 Å². The summed E-state index contributed by atoms with van der Waals surface area (Å²) in [5, 5.41) is 4.22. The minimum atomic E-state index is 0.183. The lowest BCUT2D eigenvalue weighted by Gasteiger charge is -2.15. The minimum absolute atomic E-state index is 0.183. The topological polar surface area (TPSA) is 30.5 Å². The molecule has 19 heavy (non-hydrogen) atoms. The van der Waals surface area contributed by atoms with Gasteiger partial charge < -0.3 is 14.8 Å². The molecule has 0 bridgehead atoms. The van der Waals surface area contributed by atoms with Gasteiger partial charge in [-0.2, -0.15) is 0 Å². The fourth-order valence-corrected chi connectivity index (χ4v) is 1.85. The largest absolute Gasteiger partial charge is 0.493 e. The number of benzene rings is 1. The number of rotatable bonds is 7. The minimum Gasteiger partial charge on any atom is -0.493 e. The first-order valence-electron chi connectivity index (χ1n) is 5.77. The molecule has 1 rings (SSSR count). The zero-order chi connectivity index (χ0) is 14.3. The molecule has 0 aliphatic carbocycles. The molecular formula is C13H16Cl3NO2. The number of hydrogen-bond donors (Lipinski definition) is 1. The number of methoxy groups -OCH3 is 1. The van der Waals surface area contributed by atoms with Crippen molar-refractivity contribution in [3.05, 3.63) is 33.3 Å². The Balaban J connectivity index is 3.01. The lowest BCUT2D eigenvalue weighted by Crippen LogP contribution is -2.13. The highest BCUT2D eigenvalue weighted by molar-refractivity contribution is 6.36. The molecule has 0 heterocycles. The van der Waals surface area contributed by atoms with Gasteiger partial charge in [-0.25, -0.2) is 0 Å². The normalized spacial score (nSPS) is 11.5. The third-order valence-corrected chi connectivity index (χ3v) is 3.17. The third-order valence-electron chi connectivity index (χ3n) is 2.35. The van der Waals surface area contributed by atoms with Gasteiger partial charge in [0.05, 0.1) is 12.1 Å². The predicted octanol–water partition coefficient (Wildman–Crippen LogP) is 4.16. The van der Waals surface area contributed by atoms with Gasteiger partial charge in [-0.1, -0.05) is 41.7 Å². The van der Waals surface area contributed by atoms with Crippen LogP contribution in [0.4, 0.5) is 0 Å². The molecule has 3 nitrogen and oxygen atoms in total. The van der Waals surface area contributed by atoms with Crippen molar-refractivity contribution in [2.45, 2.75) is 13.5 Å². The van der Waals surface area contributed by atoms with E-state index in [1.807, 2.05) is 13.0 Å². The Morgan fingerprint density at radius 2 is 2.16 bits per heavy atom. The van der Waals surface area contributed by atoms with E-state index in [1.54, 1.807) is 13.2 Å². The van der Waals surface area contributed by atoms with E-state index in [1.165, 1.54) is 5.54 Å². The van der Waals surface area contributed by atoms with Crippen LogP contribution >= 0.6 is 34.8 Å². The van der Waals surface area contributed by atoms with E-state index in [2.05, 4.69) is 5.32 Å². The number of ether oxygens (including phenoxy) is 2. The second-order valence-electron chi connectivity index (χ2n) is 3.72. The molecule has 0 saturated carbocycles. The van der Waals surface area contributed by atoms with Gasteiger partial charge in [0.25, 0.3) is 0 Å². The van der Waals surface area contributed by atoms with E-state index >= 15 is 0 Å². The monoisotopic (exact) mass is 323 g/mol. The molecule has 0 fully saturated rings. The van der Waals surface area contributed by atoms with Gasteiger partial charge in [-0.3, -0.25) is 0 Å². The second kappa shape index (κ2) is 8.54. The highest BCUT2D eigenvalue weighted by Crippen LogP contribution is 2.35. The summed E-state index contributed by atoms with van der Waals surface area (Å²) in [5.74, 6) is 1.18. The van der Waals surface area contributed by atoms with Gasteiger partial charge in [0.15, 0.2) is 11.5 Å². The van der Waals surface area contributed by atoms with Crippen LogP contribution < -0.4 is 14.8 Å². The molecule has 0 radical (unpaired) electrons. The van der Waals surface area contributed by atoms with Crippen LogP contribution in [-0.4, -0.2) is 20.3 Å². The van der Waals surface area contributed by atoms with Crippen LogP contribution in [0.25, 0.3) is 0 Å². The number of hydrogen-bond acceptors (Lipinski definition) is 3. The highest BCUT2D eigenvalue weighted by Gasteiger charge is 2.13. The standard InChI is InChI=1S/C13H16Cl3NO2/c1-3-17-7-9-4-10(15)5-12(18-2)13(9)19-8-11(16)6-14/h4-6,17H,3,7-8H2,1-2H3/b11-6-. The SMILES string of the molecule is CCNCc1cc(Cl)cc(OC)c1OC/C(Cl)=C/Cl. The van der Waals surface area contributed by atoms with Gasteiger partial charge >= 0.3 is 0 Å². The Bertz CT molecular complexity index is 450. The quantitative estimate of drug-likeness (QED) is 0.817. The van der Waals surface area contributed by atoms with Crippen LogP contribution in [0, 0.1) is 0 Å². The first kappa shape index (κ1) is 16.4. The average molecular weight is 325 g/mol. The Morgan fingerprint density at radius 3 is 2.74 bits per heavy atom. The molecule has 0 saturated heterocycles. The van der Waals surface area contributed by atoms with Crippen LogP contribution in [0.2, 0.25) is 5.02 Å². The zero-order valence-corrected chi connectivity index (χ0v) is 13.1. The van der Waals surface area contributed by atoms with Gasteiger partial charge in [-0.05, 0) is 12.6 Å². The molecule has 1 aromatic rings. The van der Waals surface area contributed by atoms with Crippen molar-refractivity contribution in [3.8, 4) is 11.5 Å². The van der Waals surface area contributed by atoms with Crippen LogP contribution in [0.1, 0.15) is 12.5 Å². The van der Waals surface area contributed by atoms with Crippen LogP contribution in [-0.2, 0) is 6.54 Å². The summed E-state index contributed by atoms with van der Waals surface area (Å²) in [6.45, 7) is 3.68. The van der Waals surface area contributed by atoms with Gasteiger partial charge in [-0.15, -0.1) is 0 Å². The summed E-state index contributed by atoms with van der Waals surface area (Å²) < 4.78 is 10.9. The Hall–Kier alpha value is -0.610. The first-order chi connectivity index (χ1) is 9.12. The molecule has 0 atom stereocenters. The second-order valence-corrected chi connectivity index (χ2v) is 4.86. The highest BCUT2D eigenvalue weighted by atomic mass is 35.5. The smallest absolute Gasteiger partial charge is 0.166 e. The summed E-state index contributed by atoms with van der Waals surface area (Å²) in [4.78, 5) is 0. The molecular weight excluding hydrogens is 309 g/mol. The van der Waals surface area contributed by atoms with Crippen molar-refractivity contribution in [2.24, 2.45) is 0 Å². The molecule has 0 unspecified atom stereocenters. The van der Waals surface area contributed by atoms with Crippen molar-refractivity contribution in [1.82, 2.24) is 5.32 Å². The molecule has 1 N–H and O–H groups in total. The first-order valence-corrected chi connectivity index (χ1v) is 6.96. The van der Waals surface area contributed by atoms with E-state index in [0.717, 1.165) is 12.1 Å². The fraction of sp³-hybridized carbons (Fsp3) is 0.385. The van der Waals surface area contributed by atoms with Crippen molar-refractivity contribution < 1.29 is 9.47 Å². The van der Waals surface area contributed by atoms with Crippen LogP contribution in [0.15, 0.2) is 22.7 Å². The van der Waals surface area contributed by atoms with Crippen molar-refractivity contribution >= 4 is 34.8 Å². The summed E-state index contributed by atoms with van der Waals surface area (Å²) in [6, 6.07) is 3.53. The molecule has 0 aliphatic heterocycles. The molecule has 106 valence electrons.